The number of rotatable bonds is 4. The molecule has 1 fully saturated rings. The van der Waals surface area contributed by atoms with Gasteiger partial charge in [0.1, 0.15) is 0 Å². The van der Waals surface area contributed by atoms with E-state index in [2.05, 4.69) is 35.5 Å². The predicted octanol–water partition coefficient (Wildman–Crippen LogP) is 3.11. The van der Waals surface area contributed by atoms with Gasteiger partial charge in [0.2, 0.25) is 0 Å². The van der Waals surface area contributed by atoms with E-state index in [1.165, 1.54) is 44.2 Å². The second kappa shape index (κ2) is 6.74. The third kappa shape index (κ3) is 4.30. The van der Waals surface area contributed by atoms with Crippen LogP contribution in [0.3, 0.4) is 0 Å². The first kappa shape index (κ1) is 13.3. The van der Waals surface area contributed by atoms with Crippen LogP contribution in [-0.2, 0) is 0 Å². The summed E-state index contributed by atoms with van der Waals surface area (Å²) in [5.74, 6) is 0. The molecule has 3 heteroatoms. The molecule has 100 valence electrons. The van der Waals surface area contributed by atoms with Gasteiger partial charge in [0, 0.05) is 24.5 Å². The summed E-state index contributed by atoms with van der Waals surface area (Å²) in [4.78, 5) is 4.22. The fraction of sp³-hybridized carbons (Fsp3) is 0.667. The van der Waals surface area contributed by atoms with Crippen molar-refractivity contribution >= 4 is 5.69 Å². The Morgan fingerprint density at radius 2 is 2.28 bits per heavy atom. The highest BCUT2D eigenvalue weighted by Crippen LogP contribution is 2.15. The molecule has 2 heterocycles. The number of hydrogen-bond donors (Lipinski definition) is 2. The van der Waals surface area contributed by atoms with E-state index in [-0.39, 0.29) is 0 Å². The van der Waals surface area contributed by atoms with Crippen LogP contribution in [0.4, 0.5) is 5.69 Å². The summed E-state index contributed by atoms with van der Waals surface area (Å²) in [5.41, 5.74) is 2.34. The minimum absolute atomic E-state index is 0.490. The molecule has 0 spiro atoms. The topological polar surface area (TPSA) is 37.0 Å². The van der Waals surface area contributed by atoms with Crippen molar-refractivity contribution in [2.24, 2.45) is 0 Å². The molecule has 18 heavy (non-hydrogen) atoms. The molecule has 0 radical (unpaired) electrons. The number of nitrogens with one attached hydrogen (secondary N) is 2. The average molecular weight is 247 g/mol. The van der Waals surface area contributed by atoms with Crippen molar-refractivity contribution in [1.29, 1.82) is 0 Å². The second-order valence-electron chi connectivity index (χ2n) is 5.53. The molecule has 2 N–H and O–H groups in total. The second-order valence-corrected chi connectivity index (χ2v) is 5.53. The van der Waals surface area contributed by atoms with Crippen molar-refractivity contribution in [3.8, 4) is 0 Å². The summed E-state index contributed by atoms with van der Waals surface area (Å²) >= 11 is 0. The third-order valence-corrected chi connectivity index (χ3v) is 3.59. The van der Waals surface area contributed by atoms with Crippen LogP contribution in [0.15, 0.2) is 18.5 Å². The van der Waals surface area contributed by atoms with Gasteiger partial charge in [0.15, 0.2) is 0 Å². The normalized spacial score (nSPS) is 22.2. The van der Waals surface area contributed by atoms with Gasteiger partial charge in [-0.3, -0.25) is 4.98 Å². The van der Waals surface area contributed by atoms with Gasteiger partial charge in [-0.15, -0.1) is 0 Å². The lowest BCUT2D eigenvalue weighted by molar-refractivity contribution is 0.456. The lowest BCUT2D eigenvalue weighted by Gasteiger charge is -2.22. The molecular formula is C15H25N3. The van der Waals surface area contributed by atoms with Crippen LogP contribution in [0.5, 0.6) is 0 Å². The Hall–Kier alpha value is -1.09. The molecule has 0 amide bonds. The summed E-state index contributed by atoms with van der Waals surface area (Å²) < 4.78 is 0. The molecule has 2 atom stereocenters. The molecule has 1 saturated heterocycles. The molecule has 3 nitrogen and oxygen atoms in total. The molecule has 0 aliphatic carbocycles. The van der Waals surface area contributed by atoms with E-state index in [1.54, 1.807) is 0 Å². The smallest absolute Gasteiger partial charge is 0.0531 e. The van der Waals surface area contributed by atoms with Crippen molar-refractivity contribution in [3.63, 3.8) is 0 Å². The van der Waals surface area contributed by atoms with Crippen LogP contribution >= 0.6 is 0 Å². The van der Waals surface area contributed by atoms with Gasteiger partial charge < -0.3 is 10.6 Å². The summed E-state index contributed by atoms with van der Waals surface area (Å²) in [6.07, 6.45) is 10.4. The number of aromatic nitrogens is 1. The summed E-state index contributed by atoms with van der Waals surface area (Å²) in [5, 5.41) is 7.20. The minimum Gasteiger partial charge on any atom is -0.381 e. The number of anilines is 1. The lowest BCUT2D eigenvalue weighted by Crippen LogP contribution is -2.33. The Morgan fingerprint density at radius 1 is 1.39 bits per heavy atom. The fourth-order valence-electron chi connectivity index (χ4n) is 2.71. The van der Waals surface area contributed by atoms with Gasteiger partial charge in [-0.25, -0.2) is 0 Å². The Morgan fingerprint density at radius 3 is 3.11 bits per heavy atom. The first-order valence-corrected chi connectivity index (χ1v) is 7.15. The quantitative estimate of drug-likeness (QED) is 0.858. The van der Waals surface area contributed by atoms with Gasteiger partial charge in [-0.1, -0.05) is 12.8 Å². The van der Waals surface area contributed by atoms with E-state index in [0.717, 1.165) is 5.69 Å². The number of aryl methyl sites for hydroxylation is 1. The van der Waals surface area contributed by atoms with Gasteiger partial charge in [0.05, 0.1) is 5.69 Å². The highest BCUT2D eigenvalue weighted by molar-refractivity contribution is 5.43. The molecule has 2 rings (SSSR count). The lowest BCUT2D eigenvalue weighted by atomic mass is 10.0. The Bertz CT molecular complexity index is 357. The molecule has 0 aromatic carbocycles. The first-order valence-electron chi connectivity index (χ1n) is 7.15. The van der Waals surface area contributed by atoms with Crippen LogP contribution in [0.2, 0.25) is 0 Å². The van der Waals surface area contributed by atoms with Crippen LogP contribution in [0.1, 0.15) is 44.6 Å². The summed E-state index contributed by atoms with van der Waals surface area (Å²) in [6.45, 7) is 5.52. The molecule has 1 aliphatic heterocycles. The maximum atomic E-state index is 4.22. The highest BCUT2D eigenvalue weighted by atomic mass is 15.0. The molecular weight excluding hydrogens is 222 g/mol. The standard InChI is InChI=1S/C15H25N3/c1-12-8-15(11-16-10-12)18-13(2)9-14-6-4-3-5-7-17-14/h8,10-11,13-14,17-18H,3-7,9H2,1-2H3. The van der Waals surface area contributed by atoms with Crippen LogP contribution in [0, 0.1) is 6.92 Å². The van der Waals surface area contributed by atoms with Gasteiger partial charge in [-0.2, -0.15) is 0 Å². The predicted molar refractivity (Wildman–Crippen MR) is 76.9 cm³/mol. The monoisotopic (exact) mass is 247 g/mol. The van der Waals surface area contributed by atoms with E-state index in [9.17, 15) is 0 Å². The maximum Gasteiger partial charge on any atom is 0.0531 e. The van der Waals surface area contributed by atoms with E-state index in [4.69, 9.17) is 0 Å². The molecule has 0 saturated carbocycles. The van der Waals surface area contributed by atoms with Crippen LogP contribution in [0.25, 0.3) is 0 Å². The first-order chi connectivity index (χ1) is 8.74. The van der Waals surface area contributed by atoms with Crippen molar-refractivity contribution in [2.45, 2.75) is 58.0 Å². The van der Waals surface area contributed by atoms with Gasteiger partial charge in [0.25, 0.3) is 0 Å². The summed E-state index contributed by atoms with van der Waals surface area (Å²) in [7, 11) is 0. The molecule has 2 unspecified atom stereocenters. The molecule has 1 aromatic rings. The van der Waals surface area contributed by atoms with E-state index in [0.29, 0.717) is 12.1 Å². The number of nitrogens with zero attached hydrogens (tertiary/aromatic N) is 1. The molecule has 0 bridgehead atoms. The van der Waals surface area contributed by atoms with E-state index >= 15 is 0 Å². The zero-order valence-electron chi connectivity index (χ0n) is 11.6. The van der Waals surface area contributed by atoms with Crippen molar-refractivity contribution in [3.05, 3.63) is 24.0 Å². The Kier molecular flexibility index (Phi) is 5.00. The largest absolute Gasteiger partial charge is 0.381 e. The fourth-order valence-corrected chi connectivity index (χ4v) is 2.71. The van der Waals surface area contributed by atoms with Gasteiger partial charge >= 0.3 is 0 Å². The average Bonchev–Trinajstić information content (AvgIpc) is 2.57. The minimum atomic E-state index is 0.490. The molecule has 1 aromatic heterocycles. The zero-order valence-corrected chi connectivity index (χ0v) is 11.6. The number of hydrogen-bond acceptors (Lipinski definition) is 3. The Labute approximate surface area is 110 Å². The van der Waals surface area contributed by atoms with Crippen molar-refractivity contribution in [2.75, 3.05) is 11.9 Å². The highest BCUT2D eigenvalue weighted by Gasteiger charge is 2.14. The van der Waals surface area contributed by atoms with Crippen LogP contribution in [-0.4, -0.2) is 23.6 Å². The molecule has 1 aliphatic rings. The number of pyridine rings is 1. The van der Waals surface area contributed by atoms with Gasteiger partial charge in [-0.05, 0) is 51.3 Å². The van der Waals surface area contributed by atoms with E-state index < -0.39 is 0 Å². The third-order valence-electron chi connectivity index (χ3n) is 3.59. The van der Waals surface area contributed by atoms with Crippen molar-refractivity contribution < 1.29 is 0 Å². The van der Waals surface area contributed by atoms with Crippen molar-refractivity contribution in [1.82, 2.24) is 10.3 Å². The SMILES string of the molecule is Cc1cncc(NC(C)CC2CCCCCN2)c1. The Balaban J connectivity index is 1.82. The zero-order chi connectivity index (χ0) is 12.8. The van der Waals surface area contributed by atoms with Crippen LogP contribution < -0.4 is 10.6 Å². The van der Waals surface area contributed by atoms with E-state index in [1.807, 2.05) is 12.4 Å². The summed E-state index contributed by atoms with van der Waals surface area (Å²) in [6, 6.07) is 3.32. The maximum absolute atomic E-state index is 4.22.